The second-order valence-corrected chi connectivity index (χ2v) is 8.32. The van der Waals surface area contributed by atoms with Crippen LogP contribution in [0, 0.1) is 0 Å². The number of fused-ring (bicyclic) bond motifs is 1. The number of carboxylic acids is 1. The molecule has 1 aromatic rings. The van der Waals surface area contributed by atoms with Crippen LogP contribution < -0.4 is 11.1 Å². The summed E-state index contributed by atoms with van der Waals surface area (Å²) in [5, 5.41) is 17.1. The number of carbonyl (C=O) groups excluding carboxylic acids is 3. The van der Waals surface area contributed by atoms with E-state index in [2.05, 4.69) is 15.5 Å². The lowest BCUT2D eigenvalue weighted by Gasteiger charge is -2.49. The molecule has 1 saturated heterocycles. The highest BCUT2D eigenvalue weighted by molar-refractivity contribution is 8.00. The molecule has 0 saturated carbocycles. The molecule has 166 valence electrons. The average Bonchev–Trinajstić information content (AvgIpc) is 3.15. The van der Waals surface area contributed by atoms with Crippen molar-refractivity contribution in [1.82, 2.24) is 15.2 Å². The van der Waals surface area contributed by atoms with Crippen molar-refractivity contribution in [3.8, 4) is 0 Å². The van der Waals surface area contributed by atoms with E-state index in [4.69, 9.17) is 15.3 Å². The molecule has 1 fully saturated rings. The Morgan fingerprint density at radius 1 is 1.45 bits per heavy atom. The maximum atomic E-state index is 12.8. The summed E-state index contributed by atoms with van der Waals surface area (Å²) in [6, 6.07) is -0.968. The number of nitrogens with two attached hydrogens (primary N) is 1. The van der Waals surface area contributed by atoms with Crippen LogP contribution in [0.3, 0.4) is 0 Å². The number of thioether (sulfide) groups is 1. The summed E-state index contributed by atoms with van der Waals surface area (Å²) >= 11 is 2.37. The number of thiazole rings is 1. The average molecular weight is 470 g/mol. The summed E-state index contributed by atoms with van der Waals surface area (Å²) in [7, 11) is 0. The maximum absolute atomic E-state index is 12.8. The Labute approximate surface area is 184 Å². The number of hydrogen-bond donors (Lipinski definition) is 3. The van der Waals surface area contributed by atoms with Gasteiger partial charge in [-0.15, -0.1) is 23.1 Å². The van der Waals surface area contributed by atoms with Gasteiger partial charge >= 0.3 is 11.9 Å². The van der Waals surface area contributed by atoms with Crippen LogP contribution in [-0.2, 0) is 28.8 Å². The SMILES string of the molecule is CCON=C(C(=O)NC1C(=O)N2C(C(=O)O)=C(COC(C)=O)CS[C@H]12)c1csc(N)n1. The first-order valence-corrected chi connectivity index (χ1v) is 10.9. The number of nitrogens with zero attached hydrogens (tertiary/aromatic N) is 3. The number of aliphatic carboxylic acids is 1. The van der Waals surface area contributed by atoms with Crippen LogP contribution >= 0.6 is 23.1 Å². The molecule has 2 amide bonds. The van der Waals surface area contributed by atoms with Gasteiger partial charge in [-0.25, -0.2) is 9.78 Å². The Kier molecular flexibility index (Phi) is 6.80. The Bertz CT molecular complexity index is 989. The van der Waals surface area contributed by atoms with Gasteiger partial charge in [0.15, 0.2) is 10.8 Å². The fraction of sp³-hybridized carbons (Fsp3) is 0.412. The zero-order valence-corrected chi connectivity index (χ0v) is 18.1. The number of oxime groups is 1. The fourth-order valence-corrected chi connectivity index (χ4v) is 4.80. The molecule has 1 unspecified atom stereocenters. The molecule has 0 aromatic carbocycles. The van der Waals surface area contributed by atoms with E-state index in [0.29, 0.717) is 5.57 Å². The van der Waals surface area contributed by atoms with Gasteiger partial charge in [-0.2, -0.15) is 0 Å². The lowest BCUT2D eigenvalue weighted by Crippen LogP contribution is -2.71. The van der Waals surface area contributed by atoms with Crippen LogP contribution in [0.5, 0.6) is 0 Å². The Morgan fingerprint density at radius 3 is 2.77 bits per heavy atom. The summed E-state index contributed by atoms with van der Waals surface area (Å²) in [6.45, 7) is 2.88. The number of amides is 2. The van der Waals surface area contributed by atoms with Gasteiger partial charge < -0.3 is 25.7 Å². The van der Waals surface area contributed by atoms with E-state index in [1.165, 1.54) is 24.1 Å². The van der Waals surface area contributed by atoms with E-state index in [9.17, 15) is 24.3 Å². The van der Waals surface area contributed by atoms with Crippen LogP contribution in [0.25, 0.3) is 0 Å². The number of carboxylic acid groups (broad SMARTS) is 1. The number of nitrogens with one attached hydrogen (secondary N) is 1. The molecule has 0 spiro atoms. The van der Waals surface area contributed by atoms with E-state index in [1.807, 2.05) is 0 Å². The molecule has 2 aliphatic rings. The molecular weight excluding hydrogens is 450 g/mol. The zero-order chi connectivity index (χ0) is 22.7. The third kappa shape index (κ3) is 4.64. The minimum Gasteiger partial charge on any atom is -0.477 e. The largest absolute Gasteiger partial charge is 0.477 e. The highest BCUT2D eigenvalue weighted by Crippen LogP contribution is 2.40. The summed E-state index contributed by atoms with van der Waals surface area (Å²) in [5.41, 5.74) is 5.73. The first-order chi connectivity index (χ1) is 14.7. The quantitative estimate of drug-likeness (QED) is 0.200. The molecule has 3 rings (SSSR count). The van der Waals surface area contributed by atoms with Gasteiger partial charge in [-0.3, -0.25) is 19.3 Å². The fourth-order valence-electron chi connectivity index (χ4n) is 2.92. The molecule has 2 aliphatic heterocycles. The molecule has 3 heterocycles. The number of esters is 1. The monoisotopic (exact) mass is 469 g/mol. The van der Waals surface area contributed by atoms with Gasteiger partial charge in [0.25, 0.3) is 11.8 Å². The topological polar surface area (TPSA) is 174 Å². The van der Waals surface area contributed by atoms with Crippen molar-refractivity contribution in [2.45, 2.75) is 25.3 Å². The summed E-state index contributed by atoms with van der Waals surface area (Å²) < 4.78 is 4.89. The number of ether oxygens (including phenoxy) is 1. The predicted octanol–water partition coefficient (Wildman–Crippen LogP) is -0.232. The molecule has 14 heteroatoms. The number of aromatic nitrogens is 1. The number of rotatable bonds is 8. The smallest absolute Gasteiger partial charge is 0.352 e. The molecule has 1 aromatic heterocycles. The maximum Gasteiger partial charge on any atom is 0.352 e. The number of hydrogen-bond acceptors (Lipinski definition) is 11. The van der Waals surface area contributed by atoms with Crippen molar-refractivity contribution in [2.24, 2.45) is 5.16 Å². The normalized spacial score (nSPS) is 20.6. The van der Waals surface area contributed by atoms with Crippen LogP contribution in [0.2, 0.25) is 0 Å². The van der Waals surface area contributed by atoms with Gasteiger partial charge in [-0.1, -0.05) is 5.16 Å². The Balaban J connectivity index is 1.78. The third-order valence-corrected chi connectivity index (χ3v) is 6.26. The minimum absolute atomic E-state index is 0.147. The van der Waals surface area contributed by atoms with Crippen molar-refractivity contribution in [2.75, 3.05) is 24.7 Å². The molecule has 2 atom stereocenters. The molecular formula is C17H19N5O7S2. The van der Waals surface area contributed by atoms with Crippen LogP contribution in [-0.4, -0.2) is 74.8 Å². The van der Waals surface area contributed by atoms with Crippen molar-refractivity contribution in [1.29, 1.82) is 0 Å². The van der Waals surface area contributed by atoms with Crippen LogP contribution in [0.4, 0.5) is 5.13 Å². The number of anilines is 1. The van der Waals surface area contributed by atoms with Crippen LogP contribution in [0.15, 0.2) is 21.8 Å². The van der Waals surface area contributed by atoms with E-state index < -0.39 is 35.2 Å². The van der Waals surface area contributed by atoms with Crippen molar-refractivity contribution >= 4 is 57.7 Å². The van der Waals surface area contributed by atoms with Gasteiger partial charge in [0, 0.05) is 23.6 Å². The number of nitrogen functional groups attached to an aromatic ring is 1. The number of carbonyl (C=O) groups is 4. The highest BCUT2D eigenvalue weighted by atomic mass is 32.2. The van der Waals surface area contributed by atoms with Gasteiger partial charge in [0.1, 0.15) is 36.0 Å². The van der Waals surface area contributed by atoms with Crippen molar-refractivity contribution in [3.05, 3.63) is 22.3 Å². The van der Waals surface area contributed by atoms with E-state index in [1.54, 1.807) is 6.92 Å². The van der Waals surface area contributed by atoms with Crippen LogP contribution in [0.1, 0.15) is 19.5 Å². The predicted molar refractivity (Wildman–Crippen MR) is 111 cm³/mol. The van der Waals surface area contributed by atoms with Gasteiger partial charge in [0.2, 0.25) is 0 Å². The van der Waals surface area contributed by atoms with E-state index >= 15 is 0 Å². The van der Waals surface area contributed by atoms with Crippen molar-refractivity contribution < 1.29 is 33.9 Å². The van der Waals surface area contributed by atoms with Crippen molar-refractivity contribution in [3.63, 3.8) is 0 Å². The lowest BCUT2D eigenvalue weighted by atomic mass is 10.0. The molecule has 12 nitrogen and oxygen atoms in total. The van der Waals surface area contributed by atoms with Gasteiger partial charge in [0.05, 0.1) is 0 Å². The Hall–Kier alpha value is -3.13. The highest BCUT2D eigenvalue weighted by Gasteiger charge is 2.54. The van der Waals surface area contributed by atoms with Gasteiger partial charge in [-0.05, 0) is 6.92 Å². The molecule has 4 N–H and O–H groups in total. The van der Waals surface area contributed by atoms with E-state index in [-0.39, 0.29) is 41.2 Å². The minimum atomic E-state index is -1.32. The third-order valence-electron chi connectivity index (χ3n) is 4.25. The molecule has 0 bridgehead atoms. The van der Waals surface area contributed by atoms with E-state index in [0.717, 1.165) is 16.2 Å². The lowest BCUT2D eigenvalue weighted by molar-refractivity contribution is -0.150. The molecule has 0 aliphatic carbocycles. The zero-order valence-electron chi connectivity index (χ0n) is 16.5. The summed E-state index contributed by atoms with van der Waals surface area (Å²) in [6.07, 6.45) is 0. The first kappa shape index (κ1) is 22.6. The molecule has 0 radical (unpaired) electrons. The first-order valence-electron chi connectivity index (χ1n) is 9.00. The molecule has 31 heavy (non-hydrogen) atoms. The standard InChI is InChI=1S/C17H19N5O7S2/c1-3-29-21-10(9-6-31-17(18)19-9)13(24)20-11-14(25)22-12(16(26)27)8(4-28-7(2)23)5-30-15(11)22/h6,11,15H,3-5H2,1-2H3,(H2,18,19)(H,20,24)(H,26,27)/t11?,15-/m1/s1. The second-order valence-electron chi connectivity index (χ2n) is 6.33. The second kappa shape index (κ2) is 9.34. The Morgan fingerprint density at radius 2 is 2.19 bits per heavy atom. The summed E-state index contributed by atoms with van der Waals surface area (Å²) in [4.78, 5) is 58.3. The number of β-lactam (4-membered cyclic amide) rings is 1. The summed E-state index contributed by atoms with van der Waals surface area (Å²) in [5.74, 6) is -2.96.